The van der Waals surface area contributed by atoms with Gasteiger partial charge in [-0.25, -0.2) is 4.98 Å². The van der Waals surface area contributed by atoms with E-state index in [4.69, 9.17) is 0 Å². The third-order valence-corrected chi connectivity index (χ3v) is 4.07. The molecule has 0 fully saturated rings. The average Bonchev–Trinajstić information content (AvgIpc) is 2.75. The molecule has 2 aromatic heterocycles. The van der Waals surface area contributed by atoms with Crippen molar-refractivity contribution in [3.63, 3.8) is 0 Å². The first-order valence-corrected chi connectivity index (χ1v) is 7.82. The zero-order valence-electron chi connectivity index (χ0n) is 12.4. The fourth-order valence-corrected chi connectivity index (χ4v) is 2.90. The second kappa shape index (κ2) is 5.93. The minimum Gasteiger partial charge on any atom is -0.358 e. The molecule has 4 nitrogen and oxygen atoms in total. The van der Waals surface area contributed by atoms with Gasteiger partial charge in [-0.05, 0) is 49.7 Å². The van der Waals surface area contributed by atoms with E-state index in [2.05, 4.69) is 31.2 Å². The number of aryl methyl sites for hydroxylation is 2. The number of rotatable bonds is 3. The van der Waals surface area contributed by atoms with Crippen LogP contribution in [0.5, 0.6) is 0 Å². The van der Waals surface area contributed by atoms with Crippen molar-refractivity contribution in [1.29, 1.82) is 0 Å². The number of pyridine rings is 1. The Balaban J connectivity index is 1.85. The summed E-state index contributed by atoms with van der Waals surface area (Å²) >= 11 is 3.48. The van der Waals surface area contributed by atoms with Crippen LogP contribution >= 0.6 is 15.9 Å². The zero-order valence-corrected chi connectivity index (χ0v) is 14.0. The number of fused-ring (bicyclic) bond motifs is 1. The Morgan fingerprint density at radius 1 is 1.27 bits per heavy atom. The summed E-state index contributed by atoms with van der Waals surface area (Å²) in [6.07, 6.45) is 0.317. The van der Waals surface area contributed by atoms with Crippen LogP contribution in [-0.4, -0.2) is 15.9 Å². The van der Waals surface area contributed by atoms with Gasteiger partial charge in [-0.3, -0.25) is 4.79 Å². The van der Waals surface area contributed by atoms with Crippen LogP contribution < -0.4 is 5.32 Å². The number of anilines is 1. The van der Waals surface area contributed by atoms with Crippen molar-refractivity contribution in [2.45, 2.75) is 20.3 Å². The molecule has 0 atom stereocenters. The Kier molecular flexibility index (Phi) is 3.98. The number of aromatic nitrogens is 2. The predicted molar refractivity (Wildman–Crippen MR) is 92.0 cm³/mol. The quantitative estimate of drug-likeness (QED) is 0.740. The van der Waals surface area contributed by atoms with Gasteiger partial charge in [-0.15, -0.1) is 0 Å². The van der Waals surface area contributed by atoms with Crippen molar-refractivity contribution < 1.29 is 4.79 Å². The second-order valence-corrected chi connectivity index (χ2v) is 6.22. The van der Waals surface area contributed by atoms with Gasteiger partial charge in [0.1, 0.15) is 5.82 Å². The summed E-state index contributed by atoms with van der Waals surface area (Å²) in [5.74, 6) is 0.519. The van der Waals surface area contributed by atoms with Gasteiger partial charge in [0.25, 0.3) is 0 Å². The predicted octanol–water partition coefficient (Wildman–Crippen LogP) is 4.12. The largest absolute Gasteiger partial charge is 0.358 e. The third-order valence-electron chi connectivity index (χ3n) is 3.57. The van der Waals surface area contributed by atoms with Crippen molar-refractivity contribution >= 4 is 38.6 Å². The van der Waals surface area contributed by atoms with E-state index in [-0.39, 0.29) is 5.91 Å². The number of carbonyl (C=O) groups is 1. The van der Waals surface area contributed by atoms with Gasteiger partial charge < -0.3 is 10.3 Å². The van der Waals surface area contributed by atoms with E-state index in [0.29, 0.717) is 12.2 Å². The van der Waals surface area contributed by atoms with Gasteiger partial charge in [0.2, 0.25) is 5.91 Å². The summed E-state index contributed by atoms with van der Waals surface area (Å²) < 4.78 is 1.00. The number of hydrogen-bond acceptors (Lipinski definition) is 2. The van der Waals surface area contributed by atoms with Crippen LogP contribution in [0.4, 0.5) is 5.82 Å². The molecule has 0 saturated heterocycles. The fraction of sp³-hybridized carbons (Fsp3) is 0.176. The van der Waals surface area contributed by atoms with Gasteiger partial charge in [-0.1, -0.05) is 22.0 Å². The molecular formula is C17H16BrN3O. The summed E-state index contributed by atoms with van der Waals surface area (Å²) in [6, 6.07) is 11.6. The molecule has 0 aliphatic heterocycles. The lowest BCUT2D eigenvalue weighted by atomic mass is 10.1. The number of carbonyl (C=O) groups excluding carboxylic acids is 1. The zero-order chi connectivity index (χ0) is 15.7. The van der Waals surface area contributed by atoms with E-state index < -0.39 is 0 Å². The second-order valence-electron chi connectivity index (χ2n) is 5.31. The van der Waals surface area contributed by atoms with Crippen LogP contribution in [-0.2, 0) is 11.2 Å². The van der Waals surface area contributed by atoms with Crippen LogP contribution in [0.1, 0.15) is 17.0 Å². The van der Waals surface area contributed by atoms with Gasteiger partial charge in [-0.2, -0.15) is 0 Å². The molecule has 2 heterocycles. The molecule has 112 valence electrons. The normalized spacial score (nSPS) is 10.9. The molecule has 1 amide bonds. The van der Waals surface area contributed by atoms with E-state index in [1.54, 1.807) is 6.07 Å². The summed E-state index contributed by atoms with van der Waals surface area (Å²) in [4.78, 5) is 19.9. The Hall–Kier alpha value is -2.14. The first-order chi connectivity index (χ1) is 10.5. The number of hydrogen-bond donors (Lipinski definition) is 2. The van der Waals surface area contributed by atoms with E-state index in [1.807, 2.05) is 44.2 Å². The number of amides is 1. The molecule has 1 aromatic carbocycles. The maximum atomic E-state index is 12.3. The standard InChI is InChI=1S/C17H16BrN3O/c1-10-4-3-5-16(19-10)21-17(22)9-13-11(2)20-15-7-6-12(18)8-14(13)15/h3-8,20H,9H2,1-2H3,(H,19,21,22). The molecule has 0 aliphatic rings. The van der Waals surface area contributed by atoms with E-state index in [9.17, 15) is 4.79 Å². The lowest BCUT2D eigenvalue weighted by molar-refractivity contribution is -0.115. The highest BCUT2D eigenvalue weighted by atomic mass is 79.9. The fourth-order valence-electron chi connectivity index (χ4n) is 2.54. The molecule has 2 N–H and O–H groups in total. The van der Waals surface area contributed by atoms with Crippen LogP contribution in [0.3, 0.4) is 0 Å². The Morgan fingerprint density at radius 3 is 2.86 bits per heavy atom. The van der Waals surface area contributed by atoms with Crippen molar-refractivity contribution in [3.05, 3.63) is 57.8 Å². The maximum Gasteiger partial charge on any atom is 0.230 e. The van der Waals surface area contributed by atoms with Crippen molar-refractivity contribution in [2.24, 2.45) is 0 Å². The van der Waals surface area contributed by atoms with Crippen molar-refractivity contribution in [3.8, 4) is 0 Å². The molecule has 0 aliphatic carbocycles. The van der Waals surface area contributed by atoms with E-state index in [1.165, 1.54) is 0 Å². The van der Waals surface area contributed by atoms with Crippen LogP contribution in [0.2, 0.25) is 0 Å². The summed E-state index contributed by atoms with van der Waals surface area (Å²) in [5, 5.41) is 3.92. The van der Waals surface area contributed by atoms with Gasteiger partial charge in [0.15, 0.2) is 0 Å². The number of aromatic amines is 1. The molecular weight excluding hydrogens is 342 g/mol. The maximum absolute atomic E-state index is 12.3. The minimum absolute atomic E-state index is 0.0675. The van der Waals surface area contributed by atoms with Crippen molar-refractivity contribution in [2.75, 3.05) is 5.32 Å². The van der Waals surface area contributed by atoms with E-state index >= 15 is 0 Å². The number of benzene rings is 1. The molecule has 0 bridgehead atoms. The first-order valence-electron chi connectivity index (χ1n) is 7.03. The van der Waals surface area contributed by atoms with Gasteiger partial charge in [0.05, 0.1) is 6.42 Å². The van der Waals surface area contributed by atoms with Crippen LogP contribution in [0, 0.1) is 13.8 Å². The van der Waals surface area contributed by atoms with Crippen molar-refractivity contribution in [1.82, 2.24) is 9.97 Å². The third kappa shape index (κ3) is 3.04. The molecule has 0 radical (unpaired) electrons. The molecule has 3 aromatic rings. The Bertz CT molecular complexity index is 854. The number of nitrogens with zero attached hydrogens (tertiary/aromatic N) is 1. The SMILES string of the molecule is Cc1cccc(NC(=O)Cc2c(C)[nH]c3ccc(Br)cc23)n1. The smallest absolute Gasteiger partial charge is 0.230 e. The highest BCUT2D eigenvalue weighted by molar-refractivity contribution is 9.10. The molecule has 0 unspecified atom stereocenters. The van der Waals surface area contributed by atoms with Gasteiger partial charge in [0, 0.05) is 26.8 Å². The topological polar surface area (TPSA) is 57.8 Å². The van der Waals surface area contributed by atoms with E-state index in [0.717, 1.165) is 32.3 Å². The Morgan fingerprint density at radius 2 is 2.09 bits per heavy atom. The lowest BCUT2D eigenvalue weighted by Gasteiger charge is -2.05. The average molecular weight is 358 g/mol. The van der Waals surface area contributed by atoms with Crippen LogP contribution in [0.25, 0.3) is 10.9 Å². The number of nitrogens with one attached hydrogen (secondary N) is 2. The Labute approximate surface area is 137 Å². The molecule has 0 spiro atoms. The van der Waals surface area contributed by atoms with Gasteiger partial charge >= 0.3 is 0 Å². The lowest BCUT2D eigenvalue weighted by Crippen LogP contribution is -2.15. The first kappa shape index (κ1) is 14.8. The summed E-state index contributed by atoms with van der Waals surface area (Å²) in [7, 11) is 0. The number of halogens is 1. The minimum atomic E-state index is -0.0675. The summed E-state index contributed by atoms with van der Waals surface area (Å²) in [6.45, 7) is 3.89. The highest BCUT2D eigenvalue weighted by Gasteiger charge is 2.13. The monoisotopic (exact) mass is 357 g/mol. The highest BCUT2D eigenvalue weighted by Crippen LogP contribution is 2.26. The molecule has 0 saturated carbocycles. The van der Waals surface area contributed by atoms with Crippen LogP contribution in [0.15, 0.2) is 40.9 Å². The molecule has 3 rings (SSSR count). The molecule has 5 heteroatoms. The summed E-state index contributed by atoms with van der Waals surface area (Å²) in [5.41, 5.74) is 3.95. The molecule has 22 heavy (non-hydrogen) atoms. The number of H-pyrrole nitrogens is 1.